The Morgan fingerprint density at radius 2 is 2.12 bits per heavy atom. The summed E-state index contributed by atoms with van der Waals surface area (Å²) in [7, 11) is 0. The first-order valence-corrected chi connectivity index (χ1v) is 10.9. The fraction of sp³-hybridized carbons (Fsp3) is 0.348. The van der Waals surface area contributed by atoms with Gasteiger partial charge in [-0.15, -0.1) is 0 Å². The Labute approximate surface area is 189 Å². The zero-order chi connectivity index (χ0) is 22.2. The molecule has 1 unspecified atom stereocenters. The van der Waals surface area contributed by atoms with Gasteiger partial charge in [0.05, 0.1) is 29.4 Å². The van der Waals surface area contributed by atoms with Gasteiger partial charge in [-0.1, -0.05) is 11.6 Å². The number of fused-ring (bicyclic) bond motifs is 1. The van der Waals surface area contributed by atoms with Crippen molar-refractivity contribution in [2.45, 2.75) is 38.3 Å². The van der Waals surface area contributed by atoms with Gasteiger partial charge in [0.2, 0.25) is 5.91 Å². The smallest absolute Gasteiger partial charge is 0.227 e. The number of amides is 1. The number of nitrogens with one attached hydrogen (secondary N) is 1. The summed E-state index contributed by atoms with van der Waals surface area (Å²) in [5.74, 6) is 0.686. The summed E-state index contributed by atoms with van der Waals surface area (Å²) >= 11 is 5.92. The van der Waals surface area contributed by atoms with Crippen LogP contribution in [0, 0.1) is 5.82 Å². The van der Waals surface area contributed by atoms with Crippen LogP contribution in [0.25, 0.3) is 10.9 Å². The number of anilines is 3. The highest BCUT2D eigenvalue weighted by atomic mass is 35.5. The van der Waals surface area contributed by atoms with Crippen LogP contribution in [-0.2, 0) is 9.53 Å². The van der Waals surface area contributed by atoms with Gasteiger partial charge in [-0.05, 0) is 37.6 Å². The van der Waals surface area contributed by atoms with Gasteiger partial charge in [0, 0.05) is 36.0 Å². The van der Waals surface area contributed by atoms with Gasteiger partial charge in [0.25, 0.3) is 0 Å². The van der Waals surface area contributed by atoms with Gasteiger partial charge in [0.1, 0.15) is 29.8 Å². The number of nitrogens with zero attached hydrogens (tertiary/aromatic N) is 3. The van der Waals surface area contributed by atoms with E-state index in [9.17, 15) is 9.18 Å². The highest BCUT2D eigenvalue weighted by Crippen LogP contribution is 2.40. The van der Waals surface area contributed by atoms with Crippen molar-refractivity contribution in [3.8, 4) is 5.75 Å². The Hall–Kier alpha value is -2.97. The number of halogens is 2. The predicted molar refractivity (Wildman–Crippen MR) is 120 cm³/mol. The van der Waals surface area contributed by atoms with Crippen LogP contribution in [0.3, 0.4) is 0 Å². The third-order valence-electron chi connectivity index (χ3n) is 5.82. The van der Waals surface area contributed by atoms with Crippen LogP contribution in [0.1, 0.15) is 26.2 Å². The van der Waals surface area contributed by atoms with Crippen molar-refractivity contribution in [1.82, 2.24) is 9.97 Å². The van der Waals surface area contributed by atoms with Crippen LogP contribution in [0.15, 0.2) is 36.7 Å². The van der Waals surface area contributed by atoms with Gasteiger partial charge >= 0.3 is 0 Å². The molecule has 2 fully saturated rings. The largest absolute Gasteiger partial charge is 0.486 e. The highest BCUT2D eigenvalue weighted by Gasteiger charge is 2.32. The quantitative estimate of drug-likeness (QED) is 0.591. The van der Waals surface area contributed by atoms with E-state index < -0.39 is 5.82 Å². The lowest BCUT2D eigenvalue weighted by molar-refractivity contribution is -0.117. The van der Waals surface area contributed by atoms with Gasteiger partial charge < -0.3 is 19.7 Å². The lowest BCUT2D eigenvalue weighted by Crippen LogP contribution is -2.31. The lowest BCUT2D eigenvalue weighted by atomic mass is 10.1. The maximum Gasteiger partial charge on any atom is 0.227 e. The summed E-state index contributed by atoms with van der Waals surface area (Å²) in [5, 5.41) is 3.91. The number of aromatic nitrogens is 2. The van der Waals surface area contributed by atoms with Crippen LogP contribution in [0.2, 0.25) is 5.02 Å². The van der Waals surface area contributed by atoms with Crippen molar-refractivity contribution in [3.05, 3.63) is 47.5 Å². The molecule has 9 heteroatoms. The summed E-state index contributed by atoms with van der Waals surface area (Å²) in [4.78, 5) is 23.3. The van der Waals surface area contributed by atoms with E-state index in [0.717, 1.165) is 12.8 Å². The van der Waals surface area contributed by atoms with Crippen molar-refractivity contribution < 1.29 is 18.7 Å². The number of benzene rings is 2. The maximum absolute atomic E-state index is 13.6. The zero-order valence-electron chi connectivity index (χ0n) is 17.5. The third kappa shape index (κ3) is 3.96. The second-order valence-corrected chi connectivity index (χ2v) is 8.48. The normalized spacial score (nSPS) is 20.8. The molecule has 32 heavy (non-hydrogen) atoms. The average Bonchev–Trinajstić information content (AvgIpc) is 3.40. The Bertz CT molecular complexity index is 1190. The monoisotopic (exact) mass is 456 g/mol. The molecule has 0 saturated carbocycles. The molecule has 2 aromatic carbocycles. The van der Waals surface area contributed by atoms with Gasteiger partial charge in [0.15, 0.2) is 0 Å². The minimum Gasteiger partial charge on any atom is -0.486 e. The summed E-state index contributed by atoms with van der Waals surface area (Å²) in [6, 6.07) is 8.15. The minimum atomic E-state index is -0.494. The van der Waals surface area contributed by atoms with Gasteiger partial charge in [-0.2, -0.15) is 0 Å². The molecule has 2 atom stereocenters. The second kappa shape index (κ2) is 8.52. The fourth-order valence-corrected chi connectivity index (χ4v) is 4.33. The van der Waals surface area contributed by atoms with Crippen LogP contribution >= 0.6 is 11.6 Å². The second-order valence-electron chi connectivity index (χ2n) is 8.07. The SMILES string of the molecule is CC1CCC(=O)N1c1cc2c(Nc3ccc(F)c(Cl)c3)ncnc2cc1O[C@H]1CCOC1. The molecule has 0 aliphatic carbocycles. The van der Waals surface area contributed by atoms with Crippen LogP contribution in [0.4, 0.5) is 21.6 Å². The maximum atomic E-state index is 13.6. The Morgan fingerprint density at radius 3 is 2.84 bits per heavy atom. The number of hydrogen-bond donors (Lipinski definition) is 1. The van der Waals surface area contributed by atoms with E-state index in [4.69, 9.17) is 21.1 Å². The first-order chi connectivity index (χ1) is 15.5. The molecule has 1 aromatic heterocycles. The fourth-order valence-electron chi connectivity index (χ4n) is 4.15. The molecule has 3 aromatic rings. The first-order valence-electron chi connectivity index (χ1n) is 10.6. The Morgan fingerprint density at radius 1 is 1.25 bits per heavy atom. The predicted octanol–water partition coefficient (Wildman–Crippen LogP) is 4.85. The van der Waals surface area contributed by atoms with E-state index in [2.05, 4.69) is 15.3 Å². The molecule has 3 heterocycles. The number of carbonyl (C=O) groups is 1. The van der Waals surface area contributed by atoms with Crippen LogP contribution < -0.4 is 15.0 Å². The van der Waals surface area contributed by atoms with Gasteiger partial charge in [-0.3, -0.25) is 4.79 Å². The number of hydrogen-bond acceptors (Lipinski definition) is 6. The van der Waals surface area contributed by atoms with Crippen LogP contribution in [-0.4, -0.2) is 41.2 Å². The molecular formula is C23H22ClFN4O3. The highest BCUT2D eigenvalue weighted by molar-refractivity contribution is 6.31. The van der Waals surface area contributed by atoms with Crippen molar-refractivity contribution in [2.75, 3.05) is 23.4 Å². The standard InChI is InChI=1S/C23H22ClFN4O3/c1-13-2-5-22(30)29(13)20-9-16-19(10-21(20)32-15-6-7-31-11-15)26-12-27-23(16)28-14-3-4-18(25)17(24)8-14/h3-4,8-10,12-13,15H,2,5-7,11H2,1H3,(H,26,27,28)/t13?,15-/m0/s1. The van der Waals surface area contributed by atoms with Crippen molar-refractivity contribution in [3.63, 3.8) is 0 Å². The molecular weight excluding hydrogens is 435 g/mol. The molecule has 2 aliphatic rings. The molecule has 2 aliphatic heterocycles. The first kappa shape index (κ1) is 20.9. The summed E-state index contributed by atoms with van der Waals surface area (Å²) < 4.78 is 25.3. The molecule has 1 N–H and O–H groups in total. The Kier molecular flexibility index (Phi) is 5.57. The molecule has 5 rings (SSSR count). The number of rotatable bonds is 5. The van der Waals surface area contributed by atoms with Crippen LogP contribution in [0.5, 0.6) is 5.75 Å². The molecule has 0 radical (unpaired) electrons. The van der Waals surface area contributed by atoms with E-state index in [1.165, 1.54) is 18.5 Å². The van der Waals surface area contributed by atoms with Crippen molar-refractivity contribution in [1.29, 1.82) is 0 Å². The van der Waals surface area contributed by atoms with E-state index in [1.807, 2.05) is 19.1 Å². The van der Waals surface area contributed by atoms with E-state index in [-0.39, 0.29) is 23.1 Å². The molecule has 166 valence electrons. The molecule has 1 amide bonds. The van der Waals surface area contributed by atoms with E-state index >= 15 is 0 Å². The topological polar surface area (TPSA) is 76.6 Å². The molecule has 7 nitrogen and oxygen atoms in total. The molecule has 2 saturated heterocycles. The number of carbonyl (C=O) groups excluding carboxylic acids is 1. The third-order valence-corrected chi connectivity index (χ3v) is 6.11. The molecule has 0 bridgehead atoms. The van der Waals surface area contributed by atoms with E-state index in [1.54, 1.807) is 11.0 Å². The van der Waals surface area contributed by atoms with Crippen molar-refractivity contribution >= 4 is 45.6 Å². The van der Waals surface area contributed by atoms with E-state index in [0.29, 0.717) is 53.5 Å². The summed E-state index contributed by atoms with van der Waals surface area (Å²) in [5.41, 5.74) is 1.94. The summed E-state index contributed by atoms with van der Waals surface area (Å²) in [6.45, 7) is 3.20. The molecule has 0 spiro atoms. The van der Waals surface area contributed by atoms with Crippen molar-refractivity contribution in [2.24, 2.45) is 0 Å². The number of ether oxygens (including phenoxy) is 2. The Balaban J connectivity index is 1.60. The summed E-state index contributed by atoms with van der Waals surface area (Å²) in [6.07, 6.45) is 3.45. The lowest BCUT2D eigenvalue weighted by Gasteiger charge is -2.26. The average molecular weight is 457 g/mol. The minimum absolute atomic E-state index is 0.0139. The van der Waals surface area contributed by atoms with Gasteiger partial charge in [-0.25, -0.2) is 14.4 Å². The zero-order valence-corrected chi connectivity index (χ0v) is 18.2.